The Morgan fingerprint density at radius 3 is 2.73 bits per heavy atom. The van der Waals surface area contributed by atoms with Gasteiger partial charge in [-0.15, -0.1) is 0 Å². The number of fused-ring (bicyclic) bond motifs is 1. The second-order valence-corrected chi connectivity index (χ2v) is 6.63. The molecule has 5 nitrogen and oxygen atoms in total. The molecule has 1 N–H and O–H groups in total. The van der Waals surface area contributed by atoms with Crippen molar-refractivity contribution in [3.63, 3.8) is 0 Å². The zero-order valence-electron chi connectivity index (χ0n) is 14.5. The van der Waals surface area contributed by atoms with Gasteiger partial charge in [0.15, 0.2) is 11.5 Å². The minimum absolute atomic E-state index is 0.138. The summed E-state index contributed by atoms with van der Waals surface area (Å²) in [5, 5.41) is 2.81. The number of amides is 1. The summed E-state index contributed by atoms with van der Waals surface area (Å²) in [6.45, 7) is 2.10. The SMILES string of the molecule is O=C(CCc1ccc2c(c1)OCO2)Nc1cc(F)cc(N2CCCC2)c1. The van der Waals surface area contributed by atoms with Gasteiger partial charge < -0.3 is 19.7 Å². The Morgan fingerprint density at radius 2 is 1.88 bits per heavy atom. The zero-order chi connectivity index (χ0) is 17.9. The van der Waals surface area contributed by atoms with Gasteiger partial charge in [0.2, 0.25) is 12.7 Å². The van der Waals surface area contributed by atoms with E-state index in [9.17, 15) is 9.18 Å². The predicted octanol–water partition coefficient (Wildman–Crippen LogP) is 3.73. The minimum Gasteiger partial charge on any atom is -0.454 e. The highest BCUT2D eigenvalue weighted by Gasteiger charge is 2.16. The van der Waals surface area contributed by atoms with Crippen molar-refractivity contribution in [3.8, 4) is 11.5 Å². The molecule has 2 heterocycles. The Kier molecular flexibility index (Phi) is 4.65. The number of anilines is 2. The number of carbonyl (C=O) groups excluding carboxylic acids is 1. The molecule has 0 aromatic heterocycles. The molecule has 136 valence electrons. The van der Waals surface area contributed by atoms with E-state index in [0.717, 1.165) is 42.9 Å². The van der Waals surface area contributed by atoms with Crippen molar-refractivity contribution in [1.29, 1.82) is 0 Å². The lowest BCUT2D eigenvalue weighted by molar-refractivity contribution is -0.116. The number of nitrogens with one attached hydrogen (secondary N) is 1. The molecule has 2 aliphatic heterocycles. The number of nitrogens with zero attached hydrogens (tertiary/aromatic N) is 1. The first-order valence-electron chi connectivity index (χ1n) is 8.91. The molecule has 0 radical (unpaired) electrons. The summed E-state index contributed by atoms with van der Waals surface area (Å²) < 4.78 is 24.5. The van der Waals surface area contributed by atoms with Crippen LogP contribution in [0.25, 0.3) is 0 Å². The van der Waals surface area contributed by atoms with Crippen LogP contribution >= 0.6 is 0 Å². The van der Waals surface area contributed by atoms with Crippen molar-refractivity contribution < 1.29 is 18.7 Å². The normalized spacial score (nSPS) is 15.3. The summed E-state index contributed by atoms with van der Waals surface area (Å²) in [5.41, 5.74) is 2.33. The molecule has 2 aromatic carbocycles. The van der Waals surface area contributed by atoms with Gasteiger partial charge in [-0.05, 0) is 55.2 Å². The smallest absolute Gasteiger partial charge is 0.231 e. The van der Waals surface area contributed by atoms with Crippen LogP contribution < -0.4 is 19.7 Å². The van der Waals surface area contributed by atoms with E-state index < -0.39 is 0 Å². The standard InChI is InChI=1S/C20H21FN2O3/c21-15-10-16(12-17(11-15)23-7-1-2-8-23)22-20(24)6-4-14-3-5-18-19(9-14)26-13-25-18/h3,5,9-12H,1-2,4,6-8,13H2,(H,22,24). The fourth-order valence-corrected chi connectivity index (χ4v) is 3.38. The number of ether oxygens (including phenoxy) is 2. The fourth-order valence-electron chi connectivity index (χ4n) is 3.38. The molecule has 26 heavy (non-hydrogen) atoms. The monoisotopic (exact) mass is 356 g/mol. The summed E-state index contributed by atoms with van der Waals surface area (Å²) in [6, 6.07) is 10.4. The summed E-state index contributed by atoms with van der Waals surface area (Å²) >= 11 is 0. The summed E-state index contributed by atoms with van der Waals surface area (Å²) in [5.74, 6) is 0.969. The number of hydrogen-bond donors (Lipinski definition) is 1. The van der Waals surface area contributed by atoms with E-state index in [0.29, 0.717) is 24.3 Å². The molecule has 1 fully saturated rings. The van der Waals surface area contributed by atoms with Crippen LogP contribution in [0.5, 0.6) is 11.5 Å². The Balaban J connectivity index is 1.37. The molecular formula is C20H21FN2O3. The van der Waals surface area contributed by atoms with Crippen LogP contribution in [0.4, 0.5) is 15.8 Å². The lowest BCUT2D eigenvalue weighted by Crippen LogP contribution is -2.18. The first kappa shape index (κ1) is 16.7. The van der Waals surface area contributed by atoms with Crippen LogP contribution in [-0.2, 0) is 11.2 Å². The van der Waals surface area contributed by atoms with Crippen LogP contribution in [0.15, 0.2) is 36.4 Å². The van der Waals surface area contributed by atoms with Crippen LogP contribution in [-0.4, -0.2) is 25.8 Å². The Bertz CT molecular complexity index is 819. The van der Waals surface area contributed by atoms with Gasteiger partial charge in [-0.2, -0.15) is 0 Å². The molecule has 2 aromatic rings. The van der Waals surface area contributed by atoms with E-state index in [2.05, 4.69) is 10.2 Å². The summed E-state index contributed by atoms with van der Waals surface area (Å²) in [4.78, 5) is 14.4. The van der Waals surface area contributed by atoms with Gasteiger partial charge in [-0.1, -0.05) is 6.07 Å². The van der Waals surface area contributed by atoms with Crippen LogP contribution in [0.2, 0.25) is 0 Å². The average molecular weight is 356 g/mol. The van der Waals surface area contributed by atoms with E-state index >= 15 is 0 Å². The molecule has 1 amide bonds. The fraction of sp³-hybridized carbons (Fsp3) is 0.350. The first-order valence-corrected chi connectivity index (χ1v) is 8.91. The zero-order valence-corrected chi connectivity index (χ0v) is 14.5. The highest BCUT2D eigenvalue weighted by molar-refractivity contribution is 5.91. The molecule has 1 saturated heterocycles. The van der Waals surface area contributed by atoms with E-state index in [1.807, 2.05) is 24.3 Å². The van der Waals surface area contributed by atoms with Crippen molar-refractivity contribution in [2.24, 2.45) is 0 Å². The number of carbonyl (C=O) groups is 1. The van der Waals surface area contributed by atoms with Crippen LogP contribution in [0.3, 0.4) is 0 Å². The average Bonchev–Trinajstić information content (AvgIpc) is 3.30. The minimum atomic E-state index is -0.333. The topological polar surface area (TPSA) is 50.8 Å². The third-order valence-corrected chi connectivity index (χ3v) is 4.72. The van der Waals surface area contributed by atoms with Gasteiger partial charge in [-0.3, -0.25) is 4.79 Å². The van der Waals surface area contributed by atoms with E-state index in [1.165, 1.54) is 12.1 Å². The second-order valence-electron chi connectivity index (χ2n) is 6.63. The molecule has 2 aliphatic rings. The van der Waals surface area contributed by atoms with Gasteiger partial charge in [0.05, 0.1) is 0 Å². The Hall–Kier alpha value is -2.76. The number of benzene rings is 2. The van der Waals surface area contributed by atoms with Gasteiger partial charge in [0.1, 0.15) is 5.82 Å². The number of halogens is 1. The highest BCUT2D eigenvalue weighted by atomic mass is 19.1. The molecule has 0 spiro atoms. The van der Waals surface area contributed by atoms with E-state index in [1.54, 1.807) is 0 Å². The summed E-state index contributed by atoms with van der Waals surface area (Å²) in [7, 11) is 0. The van der Waals surface area contributed by atoms with Crippen LogP contribution in [0, 0.1) is 5.82 Å². The largest absolute Gasteiger partial charge is 0.454 e. The number of hydrogen-bond acceptors (Lipinski definition) is 4. The molecular weight excluding hydrogens is 335 g/mol. The van der Waals surface area contributed by atoms with Crippen molar-refractivity contribution >= 4 is 17.3 Å². The molecule has 0 saturated carbocycles. The predicted molar refractivity (Wildman–Crippen MR) is 97.4 cm³/mol. The quantitative estimate of drug-likeness (QED) is 0.887. The highest BCUT2D eigenvalue weighted by Crippen LogP contribution is 2.32. The molecule has 0 aliphatic carbocycles. The first-order chi connectivity index (χ1) is 12.7. The van der Waals surface area contributed by atoms with Crippen molar-refractivity contribution in [2.75, 3.05) is 30.1 Å². The van der Waals surface area contributed by atoms with E-state index in [-0.39, 0.29) is 18.5 Å². The van der Waals surface area contributed by atoms with Crippen molar-refractivity contribution in [2.45, 2.75) is 25.7 Å². The lowest BCUT2D eigenvalue weighted by Gasteiger charge is -2.18. The van der Waals surface area contributed by atoms with Gasteiger partial charge >= 0.3 is 0 Å². The molecule has 0 unspecified atom stereocenters. The maximum absolute atomic E-state index is 13.9. The maximum Gasteiger partial charge on any atom is 0.231 e. The van der Waals surface area contributed by atoms with Gasteiger partial charge in [0, 0.05) is 30.9 Å². The van der Waals surface area contributed by atoms with Gasteiger partial charge in [-0.25, -0.2) is 4.39 Å². The summed E-state index contributed by atoms with van der Waals surface area (Å²) in [6.07, 6.45) is 3.13. The molecule has 6 heteroatoms. The molecule has 0 atom stereocenters. The van der Waals surface area contributed by atoms with E-state index in [4.69, 9.17) is 9.47 Å². The van der Waals surface area contributed by atoms with Crippen molar-refractivity contribution in [1.82, 2.24) is 0 Å². The molecule has 0 bridgehead atoms. The second kappa shape index (κ2) is 7.23. The molecule has 4 rings (SSSR count). The third kappa shape index (κ3) is 3.74. The maximum atomic E-state index is 13.9. The third-order valence-electron chi connectivity index (χ3n) is 4.72. The van der Waals surface area contributed by atoms with Crippen molar-refractivity contribution in [3.05, 3.63) is 47.8 Å². The number of aryl methyl sites for hydroxylation is 1. The van der Waals surface area contributed by atoms with Gasteiger partial charge in [0.25, 0.3) is 0 Å². The lowest BCUT2D eigenvalue weighted by atomic mass is 10.1. The number of rotatable bonds is 5. The van der Waals surface area contributed by atoms with Crippen LogP contribution in [0.1, 0.15) is 24.8 Å². The Labute approximate surface area is 151 Å². The Morgan fingerprint density at radius 1 is 1.08 bits per heavy atom.